The van der Waals surface area contributed by atoms with Gasteiger partial charge in [-0.2, -0.15) is 0 Å². The van der Waals surface area contributed by atoms with Crippen LogP contribution in [0.5, 0.6) is 0 Å². The predicted octanol–water partition coefficient (Wildman–Crippen LogP) is 1.47. The Morgan fingerprint density at radius 1 is 1.52 bits per heavy atom. The highest BCUT2D eigenvalue weighted by atomic mass is 16.5. The molecule has 0 aliphatic carbocycles. The fourth-order valence-electron chi connectivity index (χ4n) is 2.68. The number of carbonyl (C=O) groups excluding carboxylic acids is 1. The molecule has 0 radical (unpaired) electrons. The quantitative estimate of drug-likeness (QED) is 0.919. The van der Waals surface area contributed by atoms with Gasteiger partial charge in [-0.15, -0.1) is 0 Å². The topological polar surface area (TPSA) is 96.5 Å². The van der Waals surface area contributed by atoms with Crippen LogP contribution in [0.15, 0.2) is 16.8 Å². The Hall–Kier alpha value is -2.44. The zero-order chi connectivity index (χ0) is 15.0. The first-order valence-electron chi connectivity index (χ1n) is 6.77. The van der Waals surface area contributed by atoms with Gasteiger partial charge >= 0.3 is 5.97 Å². The van der Waals surface area contributed by atoms with E-state index in [0.717, 1.165) is 11.8 Å². The molecule has 3 heterocycles. The van der Waals surface area contributed by atoms with Crippen LogP contribution in [0.1, 0.15) is 28.9 Å². The summed E-state index contributed by atoms with van der Waals surface area (Å²) >= 11 is 0. The summed E-state index contributed by atoms with van der Waals surface area (Å²) < 4.78 is 5.02. The van der Waals surface area contributed by atoms with Gasteiger partial charge in [0, 0.05) is 25.7 Å². The number of carboxylic acid groups (broad SMARTS) is 1. The number of nitrogens with zero attached hydrogens (tertiary/aromatic N) is 3. The molecule has 1 aliphatic heterocycles. The van der Waals surface area contributed by atoms with Crippen LogP contribution in [0.2, 0.25) is 0 Å². The maximum atomic E-state index is 12.4. The van der Waals surface area contributed by atoms with Gasteiger partial charge in [0.25, 0.3) is 11.6 Å². The Bertz CT molecular complexity index is 709. The lowest BCUT2D eigenvalue weighted by Gasteiger charge is -2.16. The molecule has 1 atom stereocenters. The summed E-state index contributed by atoms with van der Waals surface area (Å²) in [4.78, 5) is 28.9. The highest BCUT2D eigenvalue weighted by Gasteiger charge is 2.28. The third-order valence-electron chi connectivity index (χ3n) is 3.79. The van der Waals surface area contributed by atoms with Crippen molar-refractivity contribution in [3.05, 3.63) is 23.5 Å². The number of hydrogen-bond donors (Lipinski definition) is 1. The van der Waals surface area contributed by atoms with Crippen molar-refractivity contribution in [3.63, 3.8) is 0 Å². The molecule has 110 valence electrons. The number of aliphatic carboxylic acids is 1. The first-order chi connectivity index (χ1) is 10.0. The maximum absolute atomic E-state index is 12.4. The molecule has 3 rings (SSSR count). The van der Waals surface area contributed by atoms with E-state index in [-0.39, 0.29) is 18.2 Å². The van der Waals surface area contributed by atoms with E-state index in [2.05, 4.69) is 10.1 Å². The van der Waals surface area contributed by atoms with Gasteiger partial charge in [-0.05, 0) is 25.3 Å². The monoisotopic (exact) mass is 289 g/mol. The molecule has 0 spiro atoms. The van der Waals surface area contributed by atoms with Crippen molar-refractivity contribution in [3.8, 4) is 0 Å². The summed E-state index contributed by atoms with van der Waals surface area (Å²) in [5.41, 5.74) is 1.58. The standard InChI is InChI=1S/C14H15N3O4/c1-8-11-5-10(6-15-13(11)21-16-8)14(20)17-3-2-9(7-17)4-12(18)19/h5-6,9H,2-4,7H2,1H3,(H,18,19). The van der Waals surface area contributed by atoms with E-state index < -0.39 is 5.97 Å². The minimum Gasteiger partial charge on any atom is -0.481 e. The second-order valence-electron chi connectivity index (χ2n) is 5.35. The molecular formula is C14H15N3O4. The van der Waals surface area contributed by atoms with Crippen molar-refractivity contribution >= 4 is 23.0 Å². The van der Waals surface area contributed by atoms with Crippen LogP contribution < -0.4 is 0 Å². The fourth-order valence-corrected chi connectivity index (χ4v) is 2.68. The smallest absolute Gasteiger partial charge is 0.303 e. The summed E-state index contributed by atoms with van der Waals surface area (Å²) in [6.45, 7) is 2.85. The number of carboxylic acids is 1. The number of rotatable bonds is 3. The van der Waals surface area contributed by atoms with Gasteiger partial charge in [-0.25, -0.2) is 4.98 Å². The Kier molecular flexibility index (Phi) is 3.32. The Morgan fingerprint density at radius 3 is 3.10 bits per heavy atom. The SMILES string of the molecule is Cc1noc2ncc(C(=O)N3CCC(CC(=O)O)C3)cc12. The number of fused-ring (bicyclic) bond motifs is 1. The summed E-state index contributed by atoms with van der Waals surface area (Å²) in [7, 11) is 0. The number of aryl methyl sites for hydroxylation is 1. The van der Waals surface area contributed by atoms with E-state index in [1.165, 1.54) is 6.20 Å². The lowest BCUT2D eigenvalue weighted by molar-refractivity contribution is -0.138. The summed E-state index contributed by atoms with van der Waals surface area (Å²) in [6.07, 6.45) is 2.30. The van der Waals surface area contributed by atoms with Crippen molar-refractivity contribution in [2.75, 3.05) is 13.1 Å². The molecule has 0 saturated carbocycles. The maximum Gasteiger partial charge on any atom is 0.303 e. The van der Waals surface area contributed by atoms with Crippen LogP contribution in [0.4, 0.5) is 0 Å². The van der Waals surface area contributed by atoms with Crippen molar-refractivity contribution in [1.82, 2.24) is 15.0 Å². The number of carbonyl (C=O) groups is 2. The first-order valence-corrected chi connectivity index (χ1v) is 6.77. The molecule has 1 saturated heterocycles. The van der Waals surface area contributed by atoms with Crippen LogP contribution in [0.25, 0.3) is 11.1 Å². The van der Waals surface area contributed by atoms with Crippen molar-refractivity contribution in [2.45, 2.75) is 19.8 Å². The third kappa shape index (κ3) is 2.58. The fraction of sp³-hybridized carbons (Fsp3) is 0.429. The molecule has 1 N–H and O–H groups in total. The predicted molar refractivity (Wildman–Crippen MR) is 72.8 cm³/mol. The van der Waals surface area contributed by atoms with Crippen molar-refractivity contribution in [2.24, 2.45) is 5.92 Å². The number of likely N-dealkylation sites (tertiary alicyclic amines) is 1. The zero-order valence-corrected chi connectivity index (χ0v) is 11.6. The highest BCUT2D eigenvalue weighted by molar-refractivity contribution is 5.97. The van der Waals surface area contributed by atoms with Crippen molar-refractivity contribution in [1.29, 1.82) is 0 Å². The number of hydrogen-bond acceptors (Lipinski definition) is 5. The molecule has 2 aromatic rings. The molecule has 0 bridgehead atoms. The molecule has 1 unspecified atom stereocenters. The van der Waals surface area contributed by atoms with Gasteiger partial charge in [-0.3, -0.25) is 9.59 Å². The van der Waals surface area contributed by atoms with Crippen LogP contribution in [-0.4, -0.2) is 45.1 Å². The molecule has 1 aliphatic rings. The summed E-state index contributed by atoms with van der Waals surface area (Å²) in [6, 6.07) is 1.72. The minimum absolute atomic E-state index is 0.0282. The van der Waals surface area contributed by atoms with Gasteiger partial charge < -0.3 is 14.5 Å². The second kappa shape index (κ2) is 5.16. The summed E-state index contributed by atoms with van der Waals surface area (Å²) in [5.74, 6) is -0.921. The van der Waals surface area contributed by atoms with E-state index in [1.807, 2.05) is 0 Å². The Labute approximate surface area is 120 Å². The molecule has 2 aromatic heterocycles. The minimum atomic E-state index is -0.822. The number of aromatic nitrogens is 2. The van der Waals surface area contributed by atoms with E-state index in [9.17, 15) is 9.59 Å². The molecular weight excluding hydrogens is 274 g/mol. The van der Waals surface area contributed by atoms with Crippen molar-refractivity contribution < 1.29 is 19.2 Å². The Morgan fingerprint density at radius 2 is 2.33 bits per heavy atom. The third-order valence-corrected chi connectivity index (χ3v) is 3.79. The van der Waals surface area contributed by atoms with Crippen LogP contribution in [0.3, 0.4) is 0 Å². The zero-order valence-electron chi connectivity index (χ0n) is 11.6. The largest absolute Gasteiger partial charge is 0.481 e. The lowest BCUT2D eigenvalue weighted by atomic mass is 10.1. The van der Waals surface area contributed by atoms with E-state index in [1.54, 1.807) is 17.9 Å². The van der Waals surface area contributed by atoms with Crippen LogP contribution in [0, 0.1) is 12.8 Å². The van der Waals surface area contributed by atoms with Gasteiger partial charge in [0.05, 0.1) is 16.6 Å². The Balaban J connectivity index is 1.78. The number of pyridine rings is 1. The average Bonchev–Trinajstić information content (AvgIpc) is 3.05. The van der Waals surface area contributed by atoms with E-state index in [4.69, 9.17) is 9.63 Å². The molecule has 0 aromatic carbocycles. The lowest BCUT2D eigenvalue weighted by Crippen LogP contribution is -2.29. The summed E-state index contributed by atoms with van der Waals surface area (Å²) in [5, 5.41) is 13.3. The molecule has 1 amide bonds. The highest BCUT2D eigenvalue weighted by Crippen LogP contribution is 2.23. The van der Waals surface area contributed by atoms with Gasteiger partial charge in [0.1, 0.15) is 0 Å². The average molecular weight is 289 g/mol. The van der Waals surface area contributed by atoms with Crippen LogP contribution in [-0.2, 0) is 4.79 Å². The molecule has 1 fully saturated rings. The molecule has 7 heteroatoms. The van der Waals surface area contributed by atoms with Gasteiger partial charge in [0.15, 0.2) is 0 Å². The molecule has 21 heavy (non-hydrogen) atoms. The molecule has 7 nitrogen and oxygen atoms in total. The van der Waals surface area contributed by atoms with E-state index >= 15 is 0 Å². The van der Waals surface area contributed by atoms with Gasteiger partial charge in [-0.1, -0.05) is 5.16 Å². The number of amides is 1. The first kappa shape index (κ1) is 13.5. The van der Waals surface area contributed by atoms with Crippen LogP contribution >= 0.6 is 0 Å². The second-order valence-corrected chi connectivity index (χ2v) is 5.35. The normalized spacial score (nSPS) is 18.3. The van der Waals surface area contributed by atoms with E-state index in [0.29, 0.717) is 30.1 Å². The van der Waals surface area contributed by atoms with Gasteiger partial charge in [0.2, 0.25) is 0 Å².